The minimum absolute atomic E-state index is 0.0167. The first kappa shape index (κ1) is 14.7. The van der Waals surface area contributed by atoms with E-state index in [2.05, 4.69) is 20.9 Å². The van der Waals surface area contributed by atoms with Crippen LogP contribution in [0.3, 0.4) is 0 Å². The fraction of sp³-hybridized carbons (Fsp3) is 0.500. The molecule has 0 aromatic carbocycles. The zero-order valence-electron chi connectivity index (χ0n) is 9.74. The number of nitrogens with zero attached hydrogens (tertiary/aromatic N) is 2. The molecule has 0 radical (unpaired) electrons. The highest BCUT2D eigenvalue weighted by Crippen LogP contribution is 2.13. The van der Waals surface area contributed by atoms with Crippen LogP contribution in [0, 0.1) is 0 Å². The van der Waals surface area contributed by atoms with Crippen molar-refractivity contribution in [2.24, 2.45) is 7.05 Å². The molecule has 0 aliphatic carbocycles. The summed E-state index contributed by atoms with van der Waals surface area (Å²) in [5, 5.41) is -0.0167. The number of Topliss-reactive ketones (excluding diaryl/α,β-unsaturated/α-hetero) is 1. The summed E-state index contributed by atoms with van der Waals surface area (Å²) < 4.78 is 30.9. The molecule has 0 fully saturated rings. The number of hydrogen-bond acceptors (Lipinski definition) is 4. The highest BCUT2D eigenvalue weighted by molar-refractivity contribution is 9.09. The second-order valence-corrected chi connectivity index (χ2v) is 4.30. The lowest BCUT2D eigenvalue weighted by Gasteiger charge is -2.13. The Labute approximate surface area is 110 Å². The summed E-state index contributed by atoms with van der Waals surface area (Å²) in [6, 6.07) is -0.257. The third kappa shape index (κ3) is 3.59. The Bertz CT molecular complexity index is 511. The average molecular weight is 325 g/mol. The molecule has 0 amide bonds. The van der Waals surface area contributed by atoms with Crippen LogP contribution in [0.15, 0.2) is 11.0 Å². The maximum atomic E-state index is 12.6. The summed E-state index contributed by atoms with van der Waals surface area (Å²) in [5.74, 6) is -3.46. The van der Waals surface area contributed by atoms with Gasteiger partial charge in [0.1, 0.15) is 5.56 Å². The van der Waals surface area contributed by atoms with Gasteiger partial charge in [-0.05, 0) is 0 Å². The van der Waals surface area contributed by atoms with Gasteiger partial charge in [-0.1, -0.05) is 15.9 Å². The molecule has 1 rings (SSSR count). The lowest BCUT2D eigenvalue weighted by Crippen LogP contribution is -2.29. The van der Waals surface area contributed by atoms with Crippen LogP contribution in [-0.4, -0.2) is 33.2 Å². The predicted molar refractivity (Wildman–Crippen MR) is 63.7 cm³/mol. The first-order valence-corrected chi connectivity index (χ1v) is 6.04. The van der Waals surface area contributed by atoms with E-state index in [9.17, 15) is 18.4 Å². The second-order valence-electron chi connectivity index (χ2n) is 3.73. The van der Waals surface area contributed by atoms with E-state index in [0.29, 0.717) is 6.92 Å². The summed E-state index contributed by atoms with van der Waals surface area (Å²) in [5.41, 5.74) is -0.756. The van der Waals surface area contributed by atoms with E-state index in [0.717, 1.165) is 10.8 Å². The topological polar surface area (TPSA) is 61.2 Å². The number of aromatic nitrogens is 2. The van der Waals surface area contributed by atoms with Crippen LogP contribution in [0.25, 0.3) is 0 Å². The van der Waals surface area contributed by atoms with E-state index in [-0.39, 0.29) is 16.9 Å². The number of carbonyl (C=O) groups is 1. The molecule has 1 heterocycles. The highest BCUT2D eigenvalue weighted by atomic mass is 79.9. The Kier molecular flexibility index (Phi) is 4.55. The van der Waals surface area contributed by atoms with Crippen molar-refractivity contribution in [3.63, 3.8) is 0 Å². The van der Waals surface area contributed by atoms with Gasteiger partial charge in [0.15, 0.2) is 12.4 Å². The molecule has 0 aliphatic rings. The summed E-state index contributed by atoms with van der Waals surface area (Å²) in [4.78, 5) is 26.8. The molecule has 0 N–H and O–H groups in total. The van der Waals surface area contributed by atoms with Crippen LogP contribution in [0.4, 0.5) is 8.78 Å². The quantitative estimate of drug-likeness (QED) is 0.606. The van der Waals surface area contributed by atoms with Crippen LogP contribution in [0.1, 0.15) is 17.3 Å². The Morgan fingerprint density at radius 1 is 1.61 bits per heavy atom. The lowest BCUT2D eigenvalue weighted by molar-refractivity contribution is -0.0268. The van der Waals surface area contributed by atoms with Crippen LogP contribution in [-0.2, 0) is 7.05 Å². The molecule has 0 atom stereocenters. The van der Waals surface area contributed by atoms with E-state index in [1.807, 2.05) is 0 Å². The van der Waals surface area contributed by atoms with Crippen molar-refractivity contribution in [3.8, 4) is 6.01 Å². The monoisotopic (exact) mass is 324 g/mol. The third-order valence-corrected chi connectivity index (χ3v) is 2.51. The number of alkyl halides is 3. The SMILES string of the molecule is Cn1c(OCC(C)(F)F)ncc(C(=O)CBr)c1=O. The Morgan fingerprint density at radius 2 is 2.22 bits per heavy atom. The van der Waals surface area contributed by atoms with Gasteiger partial charge in [-0.25, -0.2) is 13.8 Å². The maximum absolute atomic E-state index is 12.6. The van der Waals surface area contributed by atoms with Crippen LogP contribution in [0.2, 0.25) is 0 Å². The van der Waals surface area contributed by atoms with Crippen molar-refractivity contribution in [3.05, 3.63) is 22.1 Å². The zero-order chi connectivity index (χ0) is 13.9. The average Bonchev–Trinajstić information content (AvgIpc) is 2.29. The minimum Gasteiger partial charge on any atom is -0.458 e. The fourth-order valence-electron chi connectivity index (χ4n) is 1.12. The molecule has 0 saturated carbocycles. The largest absolute Gasteiger partial charge is 0.458 e. The van der Waals surface area contributed by atoms with Crippen LogP contribution >= 0.6 is 15.9 Å². The number of rotatable bonds is 5. The molecule has 18 heavy (non-hydrogen) atoms. The van der Waals surface area contributed by atoms with E-state index < -0.39 is 23.9 Å². The molecule has 1 aromatic rings. The van der Waals surface area contributed by atoms with Gasteiger partial charge in [0, 0.05) is 20.2 Å². The van der Waals surface area contributed by atoms with Crippen molar-refractivity contribution >= 4 is 21.7 Å². The van der Waals surface area contributed by atoms with Gasteiger partial charge in [-0.3, -0.25) is 14.2 Å². The molecule has 1 aromatic heterocycles. The molecule has 100 valence electrons. The van der Waals surface area contributed by atoms with Crippen molar-refractivity contribution < 1.29 is 18.3 Å². The molecule has 0 bridgehead atoms. The molecular weight excluding hydrogens is 314 g/mol. The fourth-order valence-corrected chi connectivity index (χ4v) is 1.42. The standard InChI is InChI=1S/C10H11BrF2N2O3/c1-10(12,13)5-18-9-14-4-6(7(16)3-11)8(17)15(9)2/h4H,3,5H2,1-2H3. The second kappa shape index (κ2) is 5.55. The first-order valence-electron chi connectivity index (χ1n) is 4.92. The smallest absolute Gasteiger partial charge is 0.299 e. The number of hydrogen-bond donors (Lipinski definition) is 0. The van der Waals surface area contributed by atoms with Gasteiger partial charge in [0.25, 0.3) is 17.5 Å². The normalized spacial score (nSPS) is 11.4. The van der Waals surface area contributed by atoms with Crippen molar-refractivity contribution in [2.75, 3.05) is 11.9 Å². The number of carbonyl (C=O) groups excluding carboxylic acids is 1. The molecule has 0 spiro atoms. The molecule has 0 saturated heterocycles. The van der Waals surface area contributed by atoms with Gasteiger partial charge in [-0.15, -0.1) is 0 Å². The third-order valence-electron chi connectivity index (χ3n) is 2.00. The molecular formula is C10H11BrF2N2O3. The van der Waals surface area contributed by atoms with Crippen molar-refractivity contribution in [1.82, 2.24) is 9.55 Å². The molecule has 8 heteroatoms. The van der Waals surface area contributed by atoms with E-state index in [4.69, 9.17) is 4.74 Å². The van der Waals surface area contributed by atoms with Crippen molar-refractivity contribution in [1.29, 1.82) is 0 Å². The number of ketones is 1. The van der Waals surface area contributed by atoms with Gasteiger partial charge in [0.05, 0.1) is 5.33 Å². The first-order chi connectivity index (χ1) is 8.26. The Balaban J connectivity index is 3.02. The maximum Gasteiger partial charge on any atom is 0.299 e. The summed E-state index contributed by atoms with van der Waals surface area (Å²) in [6.07, 6.45) is 1.02. The van der Waals surface area contributed by atoms with Gasteiger partial charge >= 0.3 is 0 Å². The molecule has 0 aliphatic heterocycles. The zero-order valence-corrected chi connectivity index (χ0v) is 11.3. The van der Waals surface area contributed by atoms with Gasteiger partial charge in [0.2, 0.25) is 0 Å². The van der Waals surface area contributed by atoms with Gasteiger partial charge < -0.3 is 4.74 Å². The van der Waals surface area contributed by atoms with Crippen molar-refractivity contribution in [2.45, 2.75) is 12.8 Å². The number of halogens is 3. The summed E-state index contributed by atoms with van der Waals surface area (Å²) >= 11 is 2.93. The summed E-state index contributed by atoms with van der Waals surface area (Å²) in [6.45, 7) is -0.202. The highest BCUT2D eigenvalue weighted by Gasteiger charge is 2.23. The molecule has 5 nitrogen and oxygen atoms in total. The predicted octanol–water partition coefficient (Wildman–Crippen LogP) is 1.39. The van der Waals surface area contributed by atoms with Crippen LogP contribution < -0.4 is 10.3 Å². The van der Waals surface area contributed by atoms with E-state index >= 15 is 0 Å². The number of ether oxygens (including phenoxy) is 1. The molecule has 0 unspecified atom stereocenters. The summed E-state index contributed by atoms with van der Waals surface area (Å²) in [7, 11) is 1.30. The van der Waals surface area contributed by atoms with Gasteiger partial charge in [-0.2, -0.15) is 0 Å². The minimum atomic E-state index is -3.03. The Morgan fingerprint density at radius 3 is 2.72 bits per heavy atom. The van der Waals surface area contributed by atoms with E-state index in [1.165, 1.54) is 7.05 Å². The lowest BCUT2D eigenvalue weighted by atomic mass is 10.2. The van der Waals surface area contributed by atoms with E-state index in [1.54, 1.807) is 0 Å². The Hall–Kier alpha value is -1.31. The van der Waals surface area contributed by atoms with Crippen LogP contribution in [0.5, 0.6) is 6.01 Å².